The van der Waals surface area contributed by atoms with Gasteiger partial charge in [-0.3, -0.25) is 5.43 Å². The van der Waals surface area contributed by atoms with Crippen molar-refractivity contribution in [2.24, 2.45) is 5.10 Å². The van der Waals surface area contributed by atoms with Crippen LogP contribution in [-0.2, 0) is 0 Å². The minimum Gasteiger partial charge on any atom is -0.497 e. The quantitative estimate of drug-likeness (QED) is 0.380. The molecule has 0 aliphatic carbocycles. The molecule has 0 aliphatic heterocycles. The predicted octanol–water partition coefficient (Wildman–Crippen LogP) is 2.98. The fraction of sp³-hybridized carbons (Fsp3) is 0.150. The van der Waals surface area contributed by atoms with Crippen LogP contribution in [0.25, 0.3) is 16.9 Å². The van der Waals surface area contributed by atoms with Crippen LogP contribution in [0.1, 0.15) is 5.56 Å². The van der Waals surface area contributed by atoms with Crippen LogP contribution in [0.4, 0.5) is 0 Å². The Bertz CT molecular complexity index is 986. The third-order valence-electron chi connectivity index (χ3n) is 4.02. The van der Waals surface area contributed by atoms with Gasteiger partial charge in [-0.15, -0.1) is 0 Å². The highest BCUT2D eigenvalue weighted by Gasteiger charge is 2.16. The largest absolute Gasteiger partial charge is 0.497 e. The molecule has 0 fully saturated rings. The van der Waals surface area contributed by atoms with Crippen LogP contribution in [0.15, 0.2) is 59.8 Å². The number of aromatic nitrogens is 2. The molecule has 2 N–H and O–H groups in total. The second-order valence-electron chi connectivity index (χ2n) is 5.73. The Morgan fingerprint density at radius 2 is 1.93 bits per heavy atom. The summed E-state index contributed by atoms with van der Waals surface area (Å²) in [7, 11) is 4.98. The van der Waals surface area contributed by atoms with Crippen molar-refractivity contribution in [3.63, 3.8) is 0 Å². The van der Waals surface area contributed by atoms with Crippen molar-refractivity contribution in [2.75, 3.05) is 21.3 Å². The number of thiocarbonyl (C=S) groups is 1. The number of ether oxygens (including phenoxy) is 2. The van der Waals surface area contributed by atoms with Gasteiger partial charge < -0.3 is 14.8 Å². The number of nitrogens with one attached hydrogen (secondary N) is 2. The first-order valence-corrected chi connectivity index (χ1v) is 8.95. The number of para-hydroxylation sites is 1. The molecule has 0 atom stereocenters. The summed E-state index contributed by atoms with van der Waals surface area (Å²) in [6, 6.07) is 15.4. The number of hydrazone groups is 1. The normalized spacial score (nSPS) is 10.7. The first kappa shape index (κ1) is 19.4. The third kappa shape index (κ3) is 4.29. The first-order valence-electron chi connectivity index (χ1n) is 8.54. The Kier molecular flexibility index (Phi) is 6.23. The molecule has 8 heteroatoms. The summed E-state index contributed by atoms with van der Waals surface area (Å²) in [5.74, 6) is 1.40. The van der Waals surface area contributed by atoms with Gasteiger partial charge in [-0.05, 0) is 42.5 Å². The maximum absolute atomic E-state index is 5.53. The van der Waals surface area contributed by atoms with E-state index < -0.39 is 0 Å². The van der Waals surface area contributed by atoms with E-state index in [0.717, 1.165) is 16.8 Å². The molecule has 1 heterocycles. The molecule has 0 amide bonds. The van der Waals surface area contributed by atoms with Crippen molar-refractivity contribution in [3.8, 4) is 28.4 Å². The molecule has 28 heavy (non-hydrogen) atoms. The molecule has 0 spiro atoms. The number of nitrogens with zero attached hydrogens (tertiary/aromatic N) is 3. The summed E-state index contributed by atoms with van der Waals surface area (Å²) in [5.41, 5.74) is 5.99. The smallest absolute Gasteiger partial charge is 0.186 e. The molecule has 0 radical (unpaired) electrons. The number of hydrogen-bond acceptors (Lipinski definition) is 5. The van der Waals surface area contributed by atoms with E-state index in [1.165, 1.54) is 0 Å². The van der Waals surface area contributed by atoms with E-state index in [4.69, 9.17) is 26.8 Å². The van der Waals surface area contributed by atoms with Gasteiger partial charge in [0.15, 0.2) is 5.11 Å². The number of methoxy groups -OCH3 is 2. The molecular formula is C20H21N5O2S. The van der Waals surface area contributed by atoms with Gasteiger partial charge in [0.1, 0.15) is 17.2 Å². The average molecular weight is 395 g/mol. The van der Waals surface area contributed by atoms with E-state index in [1.54, 1.807) is 32.2 Å². The van der Waals surface area contributed by atoms with Crippen LogP contribution in [0.3, 0.4) is 0 Å². The van der Waals surface area contributed by atoms with Crippen molar-refractivity contribution in [2.45, 2.75) is 0 Å². The monoisotopic (exact) mass is 395 g/mol. The zero-order valence-corrected chi connectivity index (χ0v) is 16.7. The molecule has 0 saturated heterocycles. The zero-order valence-electron chi connectivity index (χ0n) is 15.8. The lowest BCUT2D eigenvalue weighted by Crippen LogP contribution is -2.28. The van der Waals surface area contributed by atoms with Gasteiger partial charge in [0, 0.05) is 24.4 Å². The Balaban J connectivity index is 2.10. The number of benzene rings is 2. The molecule has 0 unspecified atom stereocenters. The van der Waals surface area contributed by atoms with Crippen molar-refractivity contribution >= 4 is 23.5 Å². The lowest BCUT2D eigenvalue weighted by Gasteiger charge is -2.09. The van der Waals surface area contributed by atoms with Gasteiger partial charge in [-0.1, -0.05) is 18.2 Å². The lowest BCUT2D eigenvalue weighted by atomic mass is 10.1. The molecule has 0 bridgehead atoms. The minimum absolute atomic E-state index is 0.423. The van der Waals surface area contributed by atoms with Crippen LogP contribution in [0.5, 0.6) is 11.5 Å². The Labute approximate surface area is 169 Å². The van der Waals surface area contributed by atoms with Gasteiger partial charge in [0.25, 0.3) is 0 Å². The predicted molar refractivity (Wildman–Crippen MR) is 114 cm³/mol. The Morgan fingerprint density at radius 1 is 1.14 bits per heavy atom. The molecule has 3 rings (SSSR count). The van der Waals surface area contributed by atoms with Crippen molar-refractivity contribution < 1.29 is 9.47 Å². The Morgan fingerprint density at radius 3 is 2.61 bits per heavy atom. The van der Waals surface area contributed by atoms with Crippen molar-refractivity contribution in [1.82, 2.24) is 20.5 Å². The number of rotatable bonds is 6. The zero-order chi connectivity index (χ0) is 19.9. The van der Waals surface area contributed by atoms with Crippen LogP contribution in [-0.4, -0.2) is 42.4 Å². The lowest BCUT2D eigenvalue weighted by molar-refractivity contribution is 0.404. The van der Waals surface area contributed by atoms with Gasteiger partial charge in [0.2, 0.25) is 0 Å². The molecule has 0 saturated carbocycles. The maximum Gasteiger partial charge on any atom is 0.186 e. The van der Waals surface area contributed by atoms with Crippen molar-refractivity contribution in [3.05, 3.63) is 60.3 Å². The average Bonchev–Trinajstić information content (AvgIpc) is 3.17. The van der Waals surface area contributed by atoms with Gasteiger partial charge in [-0.25, -0.2) is 4.68 Å². The summed E-state index contributed by atoms with van der Waals surface area (Å²) in [6.45, 7) is 0. The van der Waals surface area contributed by atoms with E-state index in [1.807, 2.05) is 54.7 Å². The molecule has 0 aliphatic rings. The van der Waals surface area contributed by atoms with Gasteiger partial charge in [0.05, 0.1) is 26.1 Å². The summed E-state index contributed by atoms with van der Waals surface area (Å²) in [5, 5.41) is 12.2. The standard InChI is InChI=1S/C20H21N5O2S/c1-21-20(28)23-22-12-14-13-25(15-7-5-4-6-8-15)24-19(14)17-11-16(26-2)9-10-18(17)27-3/h4-13H,1-3H3,(H2,21,23,28)/b22-12-. The minimum atomic E-state index is 0.423. The van der Waals surface area contributed by atoms with Gasteiger partial charge >= 0.3 is 0 Å². The molecule has 2 aromatic carbocycles. The van der Waals surface area contributed by atoms with E-state index in [9.17, 15) is 0 Å². The van der Waals surface area contributed by atoms with Crippen LogP contribution >= 0.6 is 12.2 Å². The Hall–Kier alpha value is -3.39. The first-order chi connectivity index (χ1) is 13.7. The van der Waals surface area contributed by atoms with Crippen LogP contribution in [0.2, 0.25) is 0 Å². The number of hydrogen-bond donors (Lipinski definition) is 2. The van der Waals surface area contributed by atoms with Gasteiger partial charge in [-0.2, -0.15) is 10.2 Å². The SMILES string of the molecule is CNC(=S)N/N=C\c1cn(-c2ccccc2)nc1-c1cc(OC)ccc1OC. The van der Waals surface area contributed by atoms with E-state index >= 15 is 0 Å². The maximum atomic E-state index is 5.53. The fourth-order valence-corrected chi connectivity index (χ4v) is 2.67. The second-order valence-corrected chi connectivity index (χ2v) is 6.14. The molecular weight excluding hydrogens is 374 g/mol. The van der Waals surface area contributed by atoms with Crippen molar-refractivity contribution in [1.29, 1.82) is 0 Å². The molecule has 3 aromatic rings. The fourth-order valence-electron chi connectivity index (χ4n) is 2.62. The topological polar surface area (TPSA) is 72.7 Å². The summed E-state index contributed by atoms with van der Waals surface area (Å²) in [4.78, 5) is 0. The highest BCUT2D eigenvalue weighted by molar-refractivity contribution is 7.80. The summed E-state index contributed by atoms with van der Waals surface area (Å²) in [6.07, 6.45) is 3.57. The second kappa shape index (κ2) is 9.01. The third-order valence-corrected chi connectivity index (χ3v) is 4.32. The van der Waals surface area contributed by atoms with E-state index in [2.05, 4.69) is 15.8 Å². The molecule has 7 nitrogen and oxygen atoms in total. The van der Waals surface area contributed by atoms with E-state index in [-0.39, 0.29) is 0 Å². The summed E-state index contributed by atoms with van der Waals surface area (Å²) < 4.78 is 12.7. The van der Waals surface area contributed by atoms with E-state index in [0.29, 0.717) is 22.3 Å². The van der Waals surface area contributed by atoms with Crippen LogP contribution in [0, 0.1) is 0 Å². The molecule has 1 aromatic heterocycles. The molecule has 144 valence electrons. The highest BCUT2D eigenvalue weighted by Crippen LogP contribution is 2.34. The van der Waals surface area contributed by atoms with Crippen LogP contribution < -0.4 is 20.2 Å². The summed E-state index contributed by atoms with van der Waals surface area (Å²) >= 11 is 5.06. The highest BCUT2D eigenvalue weighted by atomic mass is 32.1.